The van der Waals surface area contributed by atoms with Crippen LogP contribution in [0.15, 0.2) is 60.8 Å². The minimum Gasteiger partial charge on any atom is -0.393 e. The summed E-state index contributed by atoms with van der Waals surface area (Å²) in [6.45, 7) is 13.3. The fourth-order valence-corrected chi connectivity index (χ4v) is 13.0. The third-order valence-electron chi connectivity index (χ3n) is 16.1. The number of nitrogens with one attached hydrogen (secondary N) is 1. The predicted molar refractivity (Wildman–Crippen MR) is 236 cm³/mol. The number of piperidine rings is 1. The summed E-state index contributed by atoms with van der Waals surface area (Å²) in [5, 5.41) is 26.0. The van der Waals surface area contributed by atoms with Gasteiger partial charge in [0.25, 0.3) is 0 Å². The molecule has 0 aromatic heterocycles. The van der Waals surface area contributed by atoms with Gasteiger partial charge in [-0.2, -0.15) is 0 Å². The van der Waals surface area contributed by atoms with Crippen LogP contribution in [-0.4, -0.2) is 58.3 Å². The van der Waals surface area contributed by atoms with E-state index in [2.05, 4.69) is 101 Å². The van der Waals surface area contributed by atoms with Crippen LogP contribution in [0.2, 0.25) is 0 Å². The summed E-state index contributed by atoms with van der Waals surface area (Å²) in [6.07, 6.45) is 40.9. The van der Waals surface area contributed by atoms with E-state index in [1.54, 1.807) is 0 Å². The number of hydrogen-bond acceptors (Lipinski definition) is 4. The maximum atomic E-state index is 13.2. The molecule has 0 radical (unpaired) electrons. The largest absolute Gasteiger partial charge is 0.393 e. The third kappa shape index (κ3) is 11.6. The van der Waals surface area contributed by atoms with E-state index in [1.165, 1.54) is 25.7 Å². The molecule has 4 aliphatic carbocycles. The summed E-state index contributed by atoms with van der Waals surface area (Å²) in [5.74, 6) is 3.69. The molecule has 5 rings (SSSR count). The van der Waals surface area contributed by atoms with Gasteiger partial charge >= 0.3 is 0 Å². The summed E-state index contributed by atoms with van der Waals surface area (Å²) < 4.78 is 0. The zero-order valence-electron chi connectivity index (χ0n) is 36.8. The molecule has 6 heteroatoms. The Balaban J connectivity index is 0.951. The van der Waals surface area contributed by atoms with Gasteiger partial charge in [0, 0.05) is 32.0 Å². The fourth-order valence-electron chi connectivity index (χ4n) is 13.0. The summed E-state index contributed by atoms with van der Waals surface area (Å²) in [7, 11) is 0. The van der Waals surface area contributed by atoms with Crippen molar-refractivity contribution in [2.75, 3.05) is 13.1 Å². The van der Waals surface area contributed by atoms with Gasteiger partial charge in [0.05, 0.1) is 12.2 Å². The normalized spacial score (nSPS) is 35.4. The number of carbonyl (C=O) groups is 2. The Hall–Kier alpha value is -2.44. The third-order valence-corrected chi connectivity index (χ3v) is 16.1. The number of hydrogen-bond donors (Lipinski definition) is 3. The van der Waals surface area contributed by atoms with Gasteiger partial charge < -0.3 is 20.4 Å². The molecule has 1 aliphatic heterocycles. The zero-order valence-corrected chi connectivity index (χ0v) is 36.8. The minimum atomic E-state index is -0.260. The summed E-state index contributed by atoms with van der Waals surface area (Å²) in [5.41, 5.74) is 0.454. The lowest BCUT2D eigenvalue weighted by atomic mass is 9.41. The molecule has 57 heavy (non-hydrogen) atoms. The number of unbranched alkanes of at least 4 members (excludes halogenated alkanes) is 1. The highest BCUT2D eigenvalue weighted by molar-refractivity contribution is 5.77. The average molecular weight is 787 g/mol. The molecule has 1 heterocycles. The maximum Gasteiger partial charge on any atom is 0.222 e. The highest BCUT2D eigenvalue weighted by Gasteiger charge is 2.64. The molecule has 320 valence electrons. The maximum absolute atomic E-state index is 13.2. The fraction of sp³-hybridized carbons (Fsp3) is 0.765. The van der Waals surface area contributed by atoms with Gasteiger partial charge in [0.15, 0.2) is 0 Å². The molecule has 5 aliphatic rings. The van der Waals surface area contributed by atoms with Crippen molar-refractivity contribution in [1.82, 2.24) is 10.2 Å². The first kappa shape index (κ1) is 45.6. The number of allylic oxidation sites excluding steroid dienone is 10. The van der Waals surface area contributed by atoms with Crippen molar-refractivity contribution in [3.63, 3.8) is 0 Å². The molecule has 4 saturated carbocycles. The van der Waals surface area contributed by atoms with Crippen LogP contribution in [-0.2, 0) is 9.59 Å². The molecule has 1 saturated heterocycles. The number of carbonyl (C=O) groups excluding carboxylic acids is 2. The van der Waals surface area contributed by atoms with Gasteiger partial charge in [-0.05, 0) is 161 Å². The van der Waals surface area contributed by atoms with Gasteiger partial charge in [0.2, 0.25) is 11.8 Å². The second kappa shape index (κ2) is 22.2. The van der Waals surface area contributed by atoms with Crippen molar-refractivity contribution in [3.8, 4) is 0 Å². The van der Waals surface area contributed by atoms with E-state index in [1.807, 2.05) is 4.90 Å². The lowest BCUT2D eigenvalue weighted by Gasteiger charge is -2.64. The van der Waals surface area contributed by atoms with E-state index < -0.39 is 0 Å². The van der Waals surface area contributed by atoms with Crippen LogP contribution in [0.1, 0.15) is 163 Å². The van der Waals surface area contributed by atoms with Gasteiger partial charge in [-0.1, -0.05) is 102 Å². The minimum absolute atomic E-state index is 0.159. The quantitative estimate of drug-likeness (QED) is 0.0898. The zero-order chi connectivity index (χ0) is 40.8. The Bertz CT molecular complexity index is 1410. The van der Waals surface area contributed by atoms with Crippen molar-refractivity contribution >= 4 is 11.8 Å². The van der Waals surface area contributed by atoms with Gasteiger partial charge in [0.1, 0.15) is 0 Å². The van der Waals surface area contributed by atoms with Crippen molar-refractivity contribution < 1.29 is 19.8 Å². The molecule has 3 N–H and O–H groups in total. The molecule has 11 atom stereocenters. The van der Waals surface area contributed by atoms with Crippen LogP contribution in [0.4, 0.5) is 0 Å². The number of fused-ring (bicyclic) bond motifs is 5. The number of aliphatic hydroxyl groups excluding tert-OH is 2. The van der Waals surface area contributed by atoms with E-state index >= 15 is 0 Å². The van der Waals surface area contributed by atoms with E-state index in [0.717, 1.165) is 103 Å². The monoisotopic (exact) mass is 787 g/mol. The molecular formula is C51H82N2O4. The molecule has 2 amide bonds. The average Bonchev–Trinajstić information content (AvgIpc) is 3.56. The lowest BCUT2D eigenvalue weighted by molar-refractivity contribution is -0.203. The van der Waals surface area contributed by atoms with Gasteiger partial charge in [-0.25, -0.2) is 0 Å². The van der Waals surface area contributed by atoms with Gasteiger partial charge in [-0.15, -0.1) is 0 Å². The topological polar surface area (TPSA) is 89.9 Å². The standard InChI is InChI=1S/C51H82N2O4/c1-6-8-9-10-11-12-13-14-15-16-17-18-19-20-21-22-23-24-47(56)53-35-31-39(32-36-53)52-46(55)28-25-38(3)42-26-27-43-48-44(30-34-50(42,43)4)51(5)33-29-40(54)37-45(51)41(7-2)49(48)57/h8-9,11-12,14-15,17-18,20-21,38-45,48-49,54,57H,6-7,10,13,16,19,22-37H2,1-5H3,(H,52,55)/t38-,40-,41-,42?,43+,44+,45+,48+,49-,50-,51-/m1/s1. The first-order chi connectivity index (χ1) is 27.5. The van der Waals surface area contributed by atoms with Crippen molar-refractivity contribution in [3.05, 3.63) is 60.8 Å². The summed E-state index contributed by atoms with van der Waals surface area (Å²) in [4.78, 5) is 28.1. The van der Waals surface area contributed by atoms with E-state index in [-0.39, 0.29) is 40.9 Å². The van der Waals surface area contributed by atoms with Crippen LogP contribution in [0.5, 0.6) is 0 Å². The van der Waals surface area contributed by atoms with E-state index in [9.17, 15) is 19.8 Å². The second-order valence-electron chi connectivity index (χ2n) is 19.5. The van der Waals surface area contributed by atoms with Crippen molar-refractivity contribution in [2.45, 2.75) is 181 Å². The van der Waals surface area contributed by atoms with E-state index in [4.69, 9.17) is 0 Å². The predicted octanol–water partition coefficient (Wildman–Crippen LogP) is 11.1. The first-order valence-electron chi connectivity index (χ1n) is 23.7. The summed E-state index contributed by atoms with van der Waals surface area (Å²) >= 11 is 0. The Morgan fingerprint density at radius 3 is 1.96 bits per heavy atom. The Morgan fingerprint density at radius 1 is 0.737 bits per heavy atom. The van der Waals surface area contributed by atoms with Crippen molar-refractivity contribution in [2.24, 2.45) is 52.3 Å². The SMILES string of the molecule is CCC=CCC=CCC=CCC=CCC=CCCCC(=O)N1CCC(NC(=O)CC[C@@H](C)C2CC[C@H]3[C@@H]4[C@H](O)[C@H](CC)[C@@H]5C[C@H](O)CC[C@]5(C)[C@H]4CC[C@]23C)CC1. The summed E-state index contributed by atoms with van der Waals surface area (Å²) in [6, 6.07) is 0.159. The van der Waals surface area contributed by atoms with E-state index in [0.29, 0.717) is 54.3 Å². The smallest absolute Gasteiger partial charge is 0.222 e. The van der Waals surface area contributed by atoms with Crippen LogP contribution in [0.25, 0.3) is 0 Å². The molecule has 0 bridgehead atoms. The molecule has 6 nitrogen and oxygen atoms in total. The number of aliphatic hydroxyl groups is 2. The highest BCUT2D eigenvalue weighted by Crippen LogP contribution is 2.69. The Morgan fingerprint density at radius 2 is 1.33 bits per heavy atom. The van der Waals surface area contributed by atoms with Crippen molar-refractivity contribution in [1.29, 1.82) is 0 Å². The molecule has 0 aromatic rings. The Labute approximate surface area is 348 Å². The molecular weight excluding hydrogens is 705 g/mol. The number of rotatable bonds is 19. The molecule has 5 fully saturated rings. The highest BCUT2D eigenvalue weighted by atomic mass is 16.3. The first-order valence-corrected chi connectivity index (χ1v) is 23.7. The van der Waals surface area contributed by atoms with Crippen LogP contribution in [0, 0.1) is 52.3 Å². The second-order valence-corrected chi connectivity index (χ2v) is 19.5. The Kier molecular flexibility index (Phi) is 17.8. The van der Waals surface area contributed by atoms with Crippen LogP contribution < -0.4 is 5.32 Å². The van der Waals surface area contributed by atoms with Gasteiger partial charge in [-0.3, -0.25) is 9.59 Å². The molecule has 0 spiro atoms. The number of nitrogens with zero attached hydrogens (tertiary/aromatic N) is 1. The lowest BCUT2D eigenvalue weighted by Crippen LogP contribution is -2.62. The molecule has 0 aromatic carbocycles. The number of likely N-dealkylation sites (tertiary alicyclic amines) is 1. The van der Waals surface area contributed by atoms with Crippen LogP contribution >= 0.6 is 0 Å². The molecule has 1 unspecified atom stereocenters. The number of amides is 2. The van der Waals surface area contributed by atoms with Crippen LogP contribution in [0.3, 0.4) is 0 Å².